The number of carbonyl (C=O) groups excluding carboxylic acids is 2. The number of para-hydroxylation sites is 1. The minimum absolute atomic E-state index is 0.0138. The van der Waals surface area contributed by atoms with Crippen molar-refractivity contribution >= 4 is 18.9 Å². The van der Waals surface area contributed by atoms with Gasteiger partial charge in [-0.05, 0) is 82.3 Å². The first-order valence-electron chi connectivity index (χ1n) is 16.0. The molecular formula is C33H48BN3O7. The topological polar surface area (TPSA) is 111 Å². The monoisotopic (exact) mass is 609 g/mol. The van der Waals surface area contributed by atoms with Crippen molar-refractivity contribution in [1.29, 1.82) is 0 Å². The van der Waals surface area contributed by atoms with Crippen LogP contribution in [-0.4, -0.2) is 64.9 Å². The number of benzene rings is 1. The van der Waals surface area contributed by atoms with Crippen molar-refractivity contribution in [2.75, 3.05) is 13.7 Å². The Morgan fingerprint density at radius 1 is 1.20 bits per heavy atom. The number of esters is 1. The van der Waals surface area contributed by atoms with E-state index in [2.05, 4.69) is 31.1 Å². The van der Waals surface area contributed by atoms with Crippen LogP contribution in [0.3, 0.4) is 0 Å². The average molecular weight is 610 g/mol. The highest BCUT2D eigenvalue weighted by molar-refractivity contribution is 6.48. The highest BCUT2D eigenvalue weighted by atomic mass is 16.7. The number of ether oxygens (including phenoxy) is 3. The van der Waals surface area contributed by atoms with Gasteiger partial charge in [0.25, 0.3) is 0 Å². The maximum absolute atomic E-state index is 13.6. The molecule has 10 nitrogen and oxygen atoms in total. The highest BCUT2D eigenvalue weighted by Crippen LogP contribution is 2.66. The van der Waals surface area contributed by atoms with Crippen LogP contribution in [-0.2, 0) is 43.1 Å². The molecule has 0 radical (unpaired) electrons. The number of hydrogen-bond acceptors (Lipinski definition) is 9. The average Bonchev–Trinajstić information content (AvgIpc) is 3.54. The van der Waals surface area contributed by atoms with Gasteiger partial charge in [0.1, 0.15) is 29.2 Å². The second kappa shape index (κ2) is 12.6. The molecule has 240 valence electrons. The first-order chi connectivity index (χ1) is 20.7. The van der Waals surface area contributed by atoms with E-state index in [9.17, 15) is 9.59 Å². The quantitative estimate of drug-likeness (QED) is 0.166. The normalized spacial score (nSPS) is 26.1. The summed E-state index contributed by atoms with van der Waals surface area (Å²) in [5.74, 6) is 0.666. The molecule has 3 aliphatic carbocycles. The summed E-state index contributed by atoms with van der Waals surface area (Å²) in [6.45, 7) is 15.5. The molecule has 1 aliphatic heterocycles. The number of carbonyl (C=O) groups is 2. The molecule has 44 heavy (non-hydrogen) atoms. The number of ketones is 1. The number of hydrogen-bond donors (Lipinski definition) is 0. The summed E-state index contributed by atoms with van der Waals surface area (Å²) >= 11 is 0. The molecule has 6 rings (SSSR count). The number of rotatable bonds is 13. The number of Topliss-reactive ketones (excluding diaryl/α,β-unsaturated/α-hetero) is 1. The molecule has 1 saturated heterocycles. The van der Waals surface area contributed by atoms with Crippen LogP contribution in [0.1, 0.15) is 95.8 Å². The van der Waals surface area contributed by atoms with Crippen LogP contribution in [0.4, 0.5) is 0 Å². The fourth-order valence-electron chi connectivity index (χ4n) is 7.47. The molecule has 4 aliphatic rings. The van der Waals surface area contributed by atoms with Crippen LogP contribution in [0.25, 0.3) is 0 Å². The molecule has 0 spiro atoms. The molecule has 1 aromatic heterocycles. The number of aromatic nitrogens is 3. The second-order valence-corrected chi connectivity index (χ2v) is 14.5. The van der Waals surface area contributed by atoms with E-state index >= 15 is 0 Å². The van der Waals surface area contributed by atoms with Crippen LogP contribution in [0.2, 0.25) is 5.82 Å². The molecule has 11 heteroatoms. The van der Waals surface area contributed by atoms with Gasteiger partial charge in [-0.15, -0.1) is 5.10 Å². The SMILES string of the molecule is CCCOCc1cn(CC(=O)C[C@@H](Cc2cccc(C(=O)OC(C)(C)C)c2OC)B2O[C@@H]3C[C@@H]4C[C@@H](C4(C)C)[C@]3(C)O2)nn1. The maximum Gasteiger partial charge on any atom is 0.461 e. The van der Waals surface area contributed by atoms with Crippen LogP contribution in [0.5, 0.6) is 5.75 Å². The Hall–Kier alpha value is -2.76. The van der Waals surface area contributed by atoms with Gasteiger partial charge in [-0.25, -0.2) is 9.48 Å². The van der Waals surface area contributed by atoms with E-state index in [0.717, 1.165) is 24.8 Å². The van der Waals surface area contributed by atoms with E-state index in [1.807, 2.05) is 39.8 Å². The van der Waals surface area contributed by atoms with Crippen LogP contribution in [0, 0.1) is 17.3 Å². The van der Waals surface area contributed by atoms with Gasteiger partial charge in [0.2, 0.25) is 0 Å². The van der Waals surface area contributed by atoms with Crippen molar-refractivity contribution in [3.63, 3.8) is 0 Å². The molecular weight excluding hydrogens is 561 g/mol. The summed E-state index contributed by atoms with van der Waals surface area (Å²) in [5.41, 5.74) is 0.968. The van der Waals surface area contributed by atoms with Crippen LogP contribution in [0.15, 0.2) is 24.4 Å². The molecule has 2 heterocycles. The molecule has 0 amide bonds. The maximum atomic E-state index is 13.6. The van der Waals surface area contributed by atoms with Crippen molar-refractivity contribution in [2.45, 2.75) is 117 Å². The van der Waals surface area contributed by atoms with Gasteiger partial charge in [-0.3, -0.25) is 4.79 Å². The van der Waals surface area contributed by atoms with Crippen LogP contribution >= 0.6 is 0 Å². The molecule has 1 aromatic carbocycles. The largest absolute Gasteiger partial charge is 0.496 e. The zero-order valence-electron chi connectivity index (χ0n) is 27.6. The van der Waals surface area contributed by atoms with Gasteiger partial charge in [-0.1, -0.05) is 38.1 Å². The van der Waals surface area contributed by atoms with Gasteiger partial charge in [0.05, 0.1) is 31.6 Å². The number of nitrogens with zero attached hydrogens (tertiary/aromatic N) is 3. The lowest BCUT2D eigenvalue weighted by Crippen LogP contribution is -2.65. The van der Waals surface area contributed by atoms with E-state index in [-0.39, 0.29) is 36.1 Å². The molecule has 0 unspecified atom stereocenters. The molecule has 5 atom stereocenters. The van der Waals surface area contributed by atoms with E-state index in [1.165, 1.54) is 0 Å². The highest BCUT2D eigenvalue weighted by Gasteiger charge is 2.68. The van der Waals surface area contributed by atoms with E-state index in [0.29, 0.717) is 48.5 Å². The predicted molar refractivity (Wildman–Crippen MR) is 165 cm³/mol. The Bertz CT molecular complexity index is 1360. The molecule has 4 fully saturated rings. The summed E-state index contributed by atoms with van der Waals surface area (Å²) in [6.07, 6.45) is 5.37. The smallest absolute Gasteiger partial charge is 0.461 e. The fraction of sp³-hybridized carbons (Fsp3) is 0.697. The van der Waals surface area contributed by atoms with Crippen molar-refractivity contribution in [1.82, 2.24) is 15.0 Å². The Labute approximate surface area is 261 Å². The second-order valence-electron chi connectivity index (χ2n) is 14.5. The summed E-state index contributed by atoms with van der Waals surface area (Å²) in [6, 6.07) is 5.45. The summed E-state index contributed by atoms with van der Waals surface area (Å²) < 4.78 is 32.1. The first kappa shape index (κ1) is 32.6. The third-order valence-electron chi connectivity index (χ3n) is 9.77. The Morgan fingerprint density at radius 3 is 2.66 bits per heavy atom. The molecule has 2 aromatic rings. The van der Waals surface area contributed by atoms with Gasteiger partial charge in [0, 0.05) is 18.8 Å². The standard InChI is InChI=1S/C33H48BN3O7/c1-9-13-41-20-24-18-37(36-35-24)19-25(38)17-23(34-43-28-16-22-15-27(32(22,5)6)33(28,7)44-34)14-21-11-10-12-26(29(21)40-8)30(39)42-31(2,3)4/h10-12,18,22-23,27-28H,9,13-17,19-20H2,1-8H3/t22-,23+,27-,28+,33-/m0/s1. The minimum Gasteiger partial charge on any atom is -0.496 e. The minimum atomic E-state index is -0.651. The summed E-state index contributed by atoms with van der Waals surface area (Å²) in [4.78, 5) is 26.6. The number of methoxy groups -OCH3 is 1. The third kappa shape index (κ3) is 6.60. The first-order valence-corrected chi connectivity index (χ1v) is 16.0. The molecule has 2 bridgehead atoms. The predicted octanol–water partition coefficient (Wildman–Crippen LogP) is 5.47. The van der Waals surface area contributed by atoms with Crippen molar-refractivity contribution < 1.29 is 33.1 Å². The molecule has 3 saturated carbocycles. The third-order valence-corrected chi connectivity index (χ3v) is 9.77. The van der Waals surface area contributed by atoms with E-state index < -0.39 is 24.3 Å². The van der Waals surface area contributed by atoms with Gasteiger partial charge in [-0.2, -0.15) is 0 Å². The van der Waals surface area contributed by atoms with Crippen molar-refractivity contribution in [3.8, 4) is 5.75 Å². The lowest BCUT2D eigenvalue weighted by atomic mass is 9.43. The van der Waals surface area contributed by atoms with Crippen LogP contribution < -0.4 is 4.74 Å². The van der Waals surface area contributed by atoms with E-state index in [1.54, 1.807) is 24.1 Å². The summed E-state index contributed by atoms with van der Waals surface area (Å²) in [7, 11) is 0.972. The lowest BCUT2D eigenvalue weighted by Gasteiger charge is -2.64. The Balaban J connectivity index is 1.38. The van der Waals surface area contributed by atoms with Gasteiger partial charge >= 0.3 is 13.1 Å². The van der Waals surface area contributed by atoms with Crippen molar-refractivity contribution in [3.05, 3.63) is 41.2 Å². The zero-order chi connectivity index (χ0) is 31.9. The Kier molecular flexibility index (Phi) is 9.32. The van der Waals surface area contributed by atoms with E-state index in [4.69, 9.17) is 23.5 Å². The van der Waals surface area contributed by atoms with Gasteiger partial charge < -0.3 is 23.5 Å². The summed E-state index contributed by atoms with van der Waals surface area (Å²) in [5, 5.41) is 8.29. The van der Waals surface area contributed by atoms with Crippen molar-refractivity contribution in [2.24, 2.45) is 17.3 Å². The van der Waals surface area contributed by atoms with Gasteiger partial charge in [0.15, 0.2) is 5.78 Å². The zero-order valence-corrected chi connectivity index (χ0v) is 27.6. The lowest BCUT2D eigenvalue weighted by molar-refractivity contribution is -0.199. The molecule has 0 N–H and O–H groups in total. The Morgan fingerprint density at radius 2 is 1.98 bits per heavy atom. The fourth-order valence-corrected chi connectivity index (χ4v) is 7.47.